The van der Waals surface area contributed by atoms with Crippen molar-refractivity contribution in [2.75, 3.05) is 5.32 Å². The van der Waals surface area contributed by atoms with E-state index < -0.39 is 11.7 Å². The van der Waals surface area contributed by atoms with Crippen LogP contribution in [0.4, 0.5) is 10.1 Å². The summed E-state index contributed by atoms with van der Waals surface area (Å²) in [6.45, 7) is 0. The fraction of sp³-hybridized carbons (Fsp3) is 0. The molecule has 0 fully saturated rings. The van der Waals surface area contributed by atoms with E-state index in [1.54, 1.807) is 12.1 Å². The van der Waals surface area contributed by atoms with Crippen molar-refractivity contribution >= 4 is 66.7 Å². The monoisotopic (exact) mass is 439 g/mol. The van der Waals surface area contributed by atoms with Gasteiger partial charge in [-0.3, -0.25) is 4.79 Å². The lowest BCUT2D eigenvalue weighted by atomic mass is 10.2. The van der Waals surface area contributed by atoms with Gasteiger partial charge in [0.1, 0.15) is 5.82 Å². The summed E-state index contributed by atoms with van der Waals surface area (Å²) in [6, 6.07) is 7.14. The molecule has 20 heavy (non-hydrogen) atoms. The largest absolute Gasteiger partial charge is 0.320 e. The normalized spacial score (nSPS) is 10.4. The molecule has 104 valence electrons. The average Bonchev–Trinajstić information content (AvgIpc) is 2.32. The number of benzene rings is 2. The molecular weight excluding hydrogens is 436 g/mol. The lowest BCUT2D eigenvalue weighted by Gasteiger charge is -2.10. The molecule has 0 aliphatic rings. The highest BCUT2D eigenvalue weighted by Gasteiger charge is 2.13. The number of rotatable bonds is 2. The minimum Gasteiger partial charge on any atom is -0.320 e. The van der Waals surface area contributed by atoms with Crippen LogP contribution in [0.1, 0.15) is 10.4 Å². The highest BCUT2D eigenvalue weighted by molar-refractivity contribution is 9.10. The second-order valence-corrected chi connectivity index (χ2v) is 6.47. The van der Waals surface area contributed by atoms with Crippen LogP contribution < -0.4 is 5.32 Å². The Morgan fingerprint density at radius 1 is 1.10 bits per heavy atom. The molecule has 0 radical (unpaired) electrons. The van der Waals surface area contributed by atoms with Crippen molar-refractivity contribution in [1.82, 2.24) is 0 Å². The Morgan fingerprint density at radius 3 is 2.40 bits per heavy atom. The van der Waals surface area contributed by atoms with Gasteiger partial charge in [-0.25, -0.2) is 4.39 Å². The molecule has 0 saturated heterocycles. The van der Waals surface area contributed by atoms with Crippen molar-refractivity contribution in [3.63, 3.8) is 0 Å². The van der Waals surface area contributed by atoms with Gasteiger partial charge in [0.05, 0.1) is 10.7 Å². The van der Waals surface area contributed by atoms with Crippen LogP contribution in [-0.4, -0.2) is 5.91 Å². The Kier molecular flexibility index (Phi) is 5.07. The number of carbonyl (C=O) groups excluding carboxylic acids is 1. The van der Waals surface area contributed by atoms with E-state index >= 15 is 0 Å². The Bertz CT molecular complexity index is 651. The van der Waals surface area contributed by atoms with Crippen molar-refractivity contribution in [3.8, 4) is 0 Å². The van der Waals surface area contributed by atoms with E-state index in [0.717, 1.165) is 6.07 Å². The third-order valence-electron chi connectivity index (χ3n) is 2.37. The molecule has 0 aliphatic heterocycles. The van der Waals surface area contributed by atoms with Crippen LogP contribution in [-0.2, 0) is 0 Å². The van der Waals surface area contributed by atoms with Gasteiger partial charge in [0, 0.05) is 19.5 Å². The molecule has 0 heterocycles. The first kappa shape index (κ1) is 15.8. The quantitative estimate of drug-likeness (QED) is 0.616. The van der Waals surface area contributed by atoms with Gasteiger partial charge in [0.2, 0.25) is 0 Å². The Balaban J connectivity index is 2.32. The molecule has 2 rings (SSSR count). The summed E-state index contributed by atoms with van der Waals surface area (Å²) in [4.78, 5) is 12.1. The molecule has 7 heteroatoms. The lowest BCUT2D eigenvalue weighted by Crippen LogP contribution is -2.13. The second kappa shape index (κ2) is 6.43. The summed E-state index contributed by atoms with van der Waals surface area (Å²) in [6.07, 6.45) is 0. The average molecular weight is 442 g/mol. The summed E-state index contributed by atoms with van der Waals surface area (Å²) in [5, 5.41) is 3.14. The second-order valence-electron chi connectivity index (χ2n) is 3.86. The maximum Gasteiger partial charge on any atom is 0.255 e. The van der Waals surface area contributed by atoms with Crippen molar-refractivity contribution in [1.29, 1.82) is 0 Å². The van der Waals surface area contributed by atoms with Crippen LogP contribution in [0.2, 0.25) is 10.0 Å². The molecule has 0 spiro atoms. The molecule has 2 nitrogen and oxygen atoms in total. The Morgan fingerprint density at radius 2 is 1.80 bits per heavy atom. The van der Waals surface area contributed by atoms with Crippen LogP contribution in [0.25, 0.3) is 0 Å². The number of nitrogens with one attached hydrogen (secondary N) is 1. The SMILES string of the molecule is O=C(Nc1c(Cl)cc(F)cc1Br)c1cc(Cl)cc(Br)c1. The molecule has 2 aromatic carbocycles. The topological polar surface area (TPSA) is 29.1 Å². The first-order valence-corrected chi connectivity index (χ1v) is 7.63. The molecule has 0 bridgehead atoms. The summed E-state index contributed by atoms with van der Waals surface area (Å²) < 4.78 is 14.2. The first-order valence-electron chi connectivity index (χ1n) is 5.29. The Labute approximate surface area is 141 Å². The van der Waals surface area contributed by atoms with Crippen molar-refractivity contribution in [3.05, 3.63) is 60.7 Å². The van der Waals surface area contributed by atoms with E-state index in [1.807, 2.05) is 0 Å². The molecule has 0 aliphatic carbocycles. The zero-order valence-corrected chi connectivity index (χ0v) is 14.4. The molecule has 0 unspecified atom stereocenters. The Hall–Kier alpha value is -0.620. The van der Waals surface area contributed by atoms with Crippen LogP contribution in [0.5, 0.6) is 0 Å². The van der Waals surface area contributed by atoms with E-state index in [1.165, 1.54) is 12.1 Å². The van der Waals surface area contributed by atoms with Crippen LogP contribution in [0.3, 0.4) is 0 Å². The molecule has 2 aromatic rings. The summed E-state index contributed by atoms with van der Waals surface area (Å²) in [7, 11) is 0. The van der Waals surface area contributed by atoms with Crippen molar-refractivity contribution in [2.24, 2.45) is 0 Å². The number of hydrogen-bond donors (Lipinski definition) is 1. The number of halogens is 5. The van der Waals surface area contributed by atoms with E-state index in [4.69, 9.17) is 23.2 Å². The standard InChI is InChI=1S/C13H6Br2Cl2FNO/c14-7-1-6(2-8(16)3-7)13(20)19-12-10(15)4-9(18)5-11(12)17/h1-5H,(H,19,20). The minimum atomic E-state index is -0.495. The molecular formula is C13H6Br2Cl2FNO. The third-order valence-corrected chi connectivity index (χ3v) is 3.97. The fourth-order valence-corrected chi connectivity index (χ4v) is 3.29. The highest BCUT2D eigenvalue weighted by atomic mass is 79.9. The number of carbonyl (C=O) groups is 1. The number of anilines is 1. The summed E-state index contributed by atoms with van der Waals surface area (Å²) in [5.41, 5.74) is 0.658. The van der Waals surface area contributed by atoms with Crippen molar-refractivity contribution < 1.29 is 9.18 Å². The molecule has 1 amide bonds. The fourth-order valence-electron chi connectivity index (χ4n) is 1.53. The maximum atomic E-state index is 13.1. The molecule has 0 saturated carbocycles. The van der Waals surface area contributed by atoms with E-state index in [9.17, 15) is 9.18 Å². The van der Waals surface area contributed by atoms with Crippen LogP contribution in [0.15, 0.2) is 39.3 Å². The van der Waals surface area contributed by atoms with Crippen molar-refractivity contribution in [2.45, 2.75) is 0 Å². The van der Waals surface area contributed by atoms with E-state index in [2.05, 4.69) is 37.2 Å². The highest BCUT2D eigenvalue weighted by Crippen LogP contribution is 2.32. The number of hydrogen-bond acceptors (Lipinski definition) is 1. The molecule has 1 N–H and O–H groups in total. The predicted octanol–water partition coefficient (Wildman–Crippen LogP) is 5.91. The smallest absolute Gasteiger partial charge is 0.255 e. The van der Waals surface area contributed by atoms with Gasteiger partial charge < -0.3 is 5.32 Å². The lowest BCUT2D eigenvalue weighted by molar-refractivity contribution is 0.102. The first-order chi connectivity index (χ1) is 9.36. The predicted molar refractivity (Wildman–Crippen MR) is 86.2 cm³/mol. The van der Waals surface area contributed by atoms with E-state index in [0.29, 0.717) is 25.2 Å². The van der Waals surface area contributed by atoms with Gasteiger partial charge in [0.15, 0.2) is 0 Å². The van der Waals surface area contributed by atoms with Gasteiger partial charge in [-0.05, 0) is 46.3 Å². The zero-order chi connectivity index (χ0) is 14.9. The zero-order valence-electron chi connectivity index (χ0n) is 9.68. The van der Waals surface area contributed by atoms with Gasteiger partial charge in [-0.15, -0.1) is 0 Å². The van der Waals surface area contributed by atoms with Crippen LogP contribution in [0, 0.1) is 5.82 Å². The molecule has 0 aromatic heterocycles. The van der Waals surface area contributed by atoms with Crippen LogP contribution >= 0.6 is 55.1 Å². The van der Waals surface area contributed by atoms with Gasteiger partial charge in [-0.2, -0.15) is 0 Å². The van der Waals surface area contributed by atoms with E-state index in [-0.39, 0.29) is 5.02 Å². The van der Waals surface area contributed by atoms with Gasteiger partial charge in [-0.1, -0.05) is 39.1 Å². The van der Waals surface area contributed by atoms with Gasteiger partial charge >= 0.3 is 0 Å². The summed E-state index contributed by atoms with van der Waals surface area (Å²) in [5.74, 6) is -0.896. The number of amides is 1. The third kappa shape index (κ3) is 3.73. The maximum absolute atomic E-state index is 13.1. The minimum absolute atomic E-state index is 0.103. The summed E-state index contributed by atoms with van der Waals surface area (Å²) >= 11 is 18.2. The molecule has 0 atom stereocenters. The van der Waals surface area contributed by atoms with Gasteiger partial charge in [0.25, 0.3) is 5.91 Å².